The number of rotatable bonds is 3. The van der Waals surface area contributed by atoms with Gasteiger partial charge in [0, 0.05) is 6.42 Å². The summed E-state index contributed by atoms with van der Waals surface area (Å²) in [6, 6.07) is 3.70. The van der Waals surface area contributed by atoms with Crippen LogP contribution in [0.25, 0.3) is 0 Å². The van der Waals surface area contributed by atoms with Crippen LogP contribution in [0.1, 0.15) is 19.1 Å². The van der Waals surface area contributed by atoms with Crippen LogP contribution >= 0.6 is 0 Å². The molecule has 0 amide bonds. The fourth-order valence-electron chi connectivity index (χ4n) is 1.47. The summed E-state index contributed by atoms with van der Waals surface area (Å²) in [5.74, 6) is 0.648. The lowest BCUT2D eigenvalue weighted by molar-refractivity contribution is -0.143. The Bertz CT molecular complexity index is 320. The summed E-state index contributed by atoms with van der Waals surface area (Å²) >= 11 is 0. The predicted molar refractivity (Wildman–Crippen MR) is 49.5 cm³/mol. The van der Waals surface area contributed by atoms with Crippen molar-refractivity contribution in [2.45, 2.75) is 25.4 Å². The largest absolute Gasteiger partial charge is 0.468 e. The van der Waals surface area contributed by atoms with Crippen LogP contribution < -0.4 is 5.32 Å². The van der Waals surface area contributed by atoms with Crippen molar-refractivity contribution in [2.75, 3.05) is 6.61 Å². The maximum absolute atomic E-state index is 11.3. The van der Waals surface area contributed by atoms with Crippen LogP contribution in [0.5, 0.6) is 0 Å². The molecular weight excluding hydrogens is 182 g/mol. The summed E-state index contributed by atoms with van der Waals surface area (Å²) in [4.78, 5) is 11.3. The van der Waals surface area contributed by atoms with Crippen molar-refractivity contribution in [3.05, 3.63) is 24.2 Å². The lowest BCUT2D eigenvalue weighted by Crippen LogP contribution is -2.45. The van der Waals surface area contributed by atoms with Crippen molar-refractivity contribution in [1.82, 2.24) is 5.32 Å². The molecule has 4 nitrogen and oxygen atoms in total. The first-order valence-corrected chi connectivity index (χ1v) is 4.65. The van der Waals surface area contributed by atoms with E-state index < -0.39 is 5.54 Å². The zero-order valence-electron chi connectivity index (χ0n) is 8.08. The third-order valence-electron chi connectivity index (χ3n) is 2.52. The van der Waals surface area contributed by atoms with Crippen molar-refractivity contribution in [2.24, 2.45) is 0 Å². The average Bonchev–Trinajstić information content (AvgIpc) is 2.75. The first-order valence-electron chi connectivity index (χ1n) is 4.65. The molecule has 1 unspecified atom stereocenters. The Labute approximate surface area is 82.2 Å². The van der Waals surface area contributed by atoms with Gasteiger partial charge in [-0.1, -0.05) is 0 Å². The van der Waals surface area contributed by atoms with Crippen molar-refractivity contribution >= 4 is 5.97 Å². The molecule has 0 saturated carbocycles. The number of hydrogen-bond acceptors (Lipinski definition) is 4. The smallest absolute Gasteiger partial charge is 0.326 e. The summed E-state index contributed by atoms with van der Waals surface area (Å²) in [6.07, 6.45) is 2.33. The summed E-state index contributed by atoms with van der Waals surface area (Å²) < 4.78 is 10.1. The number of cyclic esters (lactones) is 1. The van der Waals surface area contributed by atoms with Gasteiger partial charge in [0.1, 0.15) is 11.3 Å². The van der Waals surface area contributed by atoms with E-state index in [2.05, 4.69) is 5.32 Å². The lowest BCUT2D eigenvalue weighted by atomic mass is 10.0. The van der Waals surface area contributed by atoms with Crippen LogP contribution in [0.15, 0.2) is 22.8 Å². The number of furan rings is 1. The molecule has 1 aromatic rings. The second-order valence-corrected chi connectivity index (χ2v) is 3.65. The van der Waals surface area contributed by atoms with E-state index in [0.717, 1.165) is 5.76 Å². The van der Waals surface area contributed by atoms with Crippen LogP contribution in [-0.2, 0) is 16.1 Å². The standard InChI is InChI=1S/C10H13NO3/c1-10(4-6-14-9(10)12)11-7-8-3-2-5-13-8/h2-3,5,11H,4,6-7H2,1H3. The van der Waals surface area contributed by atoms with Crippen LogP contribution in [0.2, 0.25) is 0 Å². The van der Waals surface area contributed by atoms with E-state index >= 15 is 0 Å². The summed E-state index contributed by atoms with van der Waals surface area (Å²) in [5.41, 5.74) is -0.549. The van der Waals surface area contributed by atoms with Gasteiger partial charge in [-0.2, -0.15) is 0 Å². The maximum atomic E-state index is 11.3. The molecule has 1 aromatic heterocycles. The lowest BCUT2D eigenvalue weighted by Gasteiger charge is -2.19. The van der Waals surface area contributed by atoms with E-state index in [0.29, 0.717) is 19.6 Å². The minimum absolute atomic E-state index is 0.177. The highest BCUT2D eigenvalue weighted by atomic mass is 16.5. The minimum Gasteiger partial charge on any atom is -0.468 e. The molecule has 0 bridgehead atoms. The minimum atomic E-state index is -0.549. The van der Waals surface area contributed by atoms with Crippen molar-refractivity contribution < 1.29 is 13.9 Å². The molecular formula is C10H13NO3. The fourth-order valence-corrected chi connectivity index (χ4v) is 1.47. The van der Waals surface area contributed by atoms with Gasteiger partial charge < -0.3 is 9.15 Å². The Morgan fingerprint density at radius 2 is 2.50 bits per heavy atom. The Morgan fingerprint density at radius 1 is 1.64 bits per heavy atom. The second-order valence-electron chi connectivity index (χ2n) is 3.65. The van der Waals surface area contributed by atoms with Crippen LogP contribution in [0, 0.1) is 0 Å². The number of nitrogens with one attached hydrogen (secondary N) is 1. The molecule has 4 heteroatoms. The van der Waals surface area contributed by atoms with E-state index in [1.807, 2.05) is 19.1 Å². The quantitative estimate of drug-likeness (QED) is 0.733. The Morgan fingerprint density at radius 3 is 3.07 bits per heavy atom. The monoisotopic (exact) mass is 195 g/mol. The normalized spacial score (nSPS) is 26.5. The Hall–Kier alpha value is -1.29. The second kappa shape index (κ2) is 3.46. The molecule has 0 spiro atoms. The summed E-state index contributed by atoms with van der Waals surface area (Å²) in [6.45, 7) is 2.91. The molecule has 0 aliphatic carbocycles. The molecule has 0 radical (unpaired) electrons. The van der Waals surface area contributed by atoms with Gasteiger partial charge in [0.25, 0.3) is 0 Å². The predicted octanol–water partition coefficient (Wildman–Crippen LogP) is 1.07. The number of ether oxygens (including phenoxy) is 1. The van der Waals surface area contributed by atoms with Crippen molar-refractivity contribution in [1.29, 1.82) is 0 Å². The molecule has 76 valence electrons. The van der Waals surface area contributed by atoms with Gasteiger partial charge in [-0.25, -0.2) is 0 Å². The third kappa shape index (κ3) is 1.65. The number of carbonyl (C=O) groups is 1. The third-order valence-corrected chi connectivity index (χ3v) is 2.52. The van der Waals surface area contributed by atoms with Gasteiger partial charge in [-0.05, 0) is 19.1 Å². The molecule has 1 fully saturated rings. The fraction of sp³-hybridized carbons (Fsp3) is 0.500. The zero-order valence-corrected chi connectivity index (χ0v) is 8.08. The maximum Gasteiger partial charge on any atom is 0.326 e. The van der Waals surface area contributed by atoms with Gasteiger partial charge in [-0.3, -0.25) is 10.1 Å². The van der Waals surface area contributed by atoms with Crippen molar-refractivity contribution in [3.8, 4) is 0 Å². The molecule has 1 atom stereocenters. The van der Waals surface area contributed by atoms with Gasteiger partial charge in [0.05, 0.1) is 19.4 Å². The molecule has 1 saturated heterocycles. The van der Waals surface area contributed by atoms with E-state index in [4.69, 9.17) is 9.15 Å². The van der Waals surface area contributed by atoms with Gasteiger partial charge in [-0.15, -0.1) is 0 Å². The highest BCUT2D eigenvalue weighted by Gasteiger charge is 2.39. The van der Waals surface area contributed by atoms with E-state index in [9.17, 15) is 4.79 Å². The van der Waals surface area contributed by atoms with Crippen LogP contribution in [-0.4, -0.2) is 18.1 Å². The summed E-state index contributed by atoms with van der Waals surface area (Å²) in [7, 11) is 0. The molecule has 1 aliphatic rings. The topological polar surface area (TPSA) is 51.5 Å². The van der Waals surface area contributed by atoms with Crippen LogP contribution in [0.3, 0.4) is 0 Å². The SMILES string of the molecule is CC1(NCc2ccco2)CCOC1=O. The molecule has 1 aliphatic heterocycles. The van der Waals surface area contributed by atoms with Crippen LogP contribution in [0.4, 0.5) is 0 Å². The average molecular weight is 195 g/mol. The Kier molecular flexibility index (Phi) is 2.29. The first kappa shape index (κ1) is 9.27. The number of carbonyl (C=O) groups excluding carboxylic acids is 1. The highest BCUT2D eigenvalue weighted by Crippen LogP contribution is 2.19. The molecule has 0 aromatic carbocycles. The van der Waals surface area contributed by atoms with E-state index in [1.54, 1.807) is 6.26 Å². The van der Waals surface area contributed by atoms with E-state index in [1.165, 1.54) is 0 Å². The first-order chi connectivity index (χ1) is 6.71. The van der Waals surface area contributed by atoms with Crippen molar-refractivity contribution in [3.63, 3.8) is 0 Å². The molecule has 1 N–H and O–H groups in total. The summed E-state index contributed by atoms with van der Waals surface area (Å²) in [5, 5.41) is 3.14. The molecule has 2 heterocycles. The highest BCUT2D eigenvalue weighted by molar-refractivity contribution is 5.82. The number of hydrogen-bond donors (Lipinski definition) is 1. The van der Waals surface area contributed by atoms with Gasteiger partial charge in [0.15, 0.2) is 0 Å². The van der Waals surface area contributed by atoms with E-state index in [-0.39, 0.29) is 5.97 Å². The molecule has 2 rings (SSSR count). The van der Waals surface area contributed by atoms with Gasteiger partial charge in [0.2, 0.25) is 0 Å². The Balaban J connectivity index is 1.94. The zero-order chi connectivity index (χ0) is 10.0. The van der Waals surface area contributed by atoms with Gasteiger partial charge >= 0.3 is 5.97 Å². The molecule has 14 heavy (non-hydrogen) atoms. The number of esters is 1.